The third-order valence-corrected chi connectivity index (χ3v) is 3.60. The van der Waals surface area contributed by atoms with Gasteiger partial charge in [-0.05, 0) is 43.4 Å². The number of hydrogen-bond donors (Lipinski definition) is 1. The largest absolute Gasteiger partial charge is 0.441 e. The molecule has 2 aromatic rings. The first-order chi connectivity index (χ1) is 9.10. The van der Waals surface area contributed by atoms with Crippen molar-refractivity contribution in [2.75, 3.05) is 6.54 Å². The molecule has 0 saturated heterocycles. The molecule has 0 radical (unpaired) electrons. The van der Waals surface area contributed by atoms with Crippen LogP contribution in [0.3, 0.4) is 0 Å². The number of fused-ring (bicyclic) bond motifs is 1. The van der Waals surface area contributed by atoms with E-state index in [1.54, 1.807) is 6.07 Å². The third kappa shape index (κ3) is 3.53. The Morgan fingerprint density at radius 1 is 1.32 bits per heavy atom. The minimum atomic E-state index is -0.293. The van der Waals surface area contributed by atoms with Gasteiger partial charge in [0, 0.05) is 12.5 Å². The molecule has 0 aliphatic carbocycles. The number of aromatic nitrogens is 1. The topological polar surface area (TPSA) is 52.0 Å². The van der Waals surface area contributed by atoms with E-state index >= 15 is 0 Å². The van der Waals surface area contributed by atoms with Gasteiger partial charge in [-0.3, -0.25) is 0 Å². The van der Waals surface area contributed by atoms with E-state index in [2.05, 4.69) is 18.8 Å². The number of halogens is 1. The normalized spacial score (nSPS) is 13.3. The molecule has 0 fully saturated rings. The van der Waals surface area contributed by atoms with Crippen molar-refractivity contribution in [3.8, 4) is 0 Å². The van der Waals surface area contributed by atoms with Crippen LogP contribution in [0.5, 0.6) is 0 Å². The van der Waals surface area contributed by atoms with Crippen LogP contribution in [0.2, 0.25) is 0 Å². The lowest BCUT2D eigenvalue weighted by Crippen LogP contribution is -2.15. The van der Waals surface area contributed by atoms with Crippen LogP contribution in [0.15, 0.2) is 22.6 Å². The molecule has 1 aromatic carbocycles. The summed E-state index contributed by atoms with van der Waals surface area (Å²) in [6.45, 7) is 5.13. The van der Waals surface area contributed by atoms with Gasteiger partial charge in [0.05, 0.1) is 0 Å². The lowest BCUT2D eigenvalue weighted by molar-refractivity contribution is 0.330. The van der Waals surface area contributed by atoms with E-state index < -0.39 is 0 Å². The van der Waals surface area contributed by atoms with Crippen molar-refractivity contribution in [2.24, 2.45) is 17.6 Å². The van der Waals surface area contributed by atoms with Crippen LogP contribution in [-0.4, -0.2) is 11.5 Å². The first-order valence-electron chi connectivity index (χ1n) is 6.85. The monoisotopic (exact) mass is 264 g/mol. The van der Waals surface area contributed by atoms with Crippen LogP contribution in [0.1, 0.15) is 32.6 Å². The van der Waals surface area contributed by atoms with Crippen LogP contribution >= 0.6 is 0 Å². The maximum Gasteiger partial charge on any atom is 0.195 e. The van der Waals surface area contributed by atoms with Crippen molar-refractivity contribution in [1.82, 2.24) is 4.98 Å². The summed E-state index contributed by atoms with van der Waals surface area (Å²) < 4.78 is 18.6. The Morgan fingerprint density at radius 2 is 2.11 bits per heavy atom. The van der Waals surface area contributed by atoms with Gasteiger partial charge in [-0.1, -0.05) is 13.8 Å². The fourth-order valence-electron chi connectivity index (χ4n) is 2.39. The second-order valence-electron chi connectivity index (χ2n) is 5.34. The average molecular weight is 264 g/mol. The van der Waals surface area contributed by atoms with E-state index in [0.29, 0.717) is 29.9 Å². The molecule has 2 rings (SSSR count). The molecule has 1 heterocycles. The fourth-order valence-corrected chi connectivity index (χ4v) is 2.39. The number of aryl methyl sites for hydroxylation is 1. The lowest BCUT2D eigenvalue weighted by atomic mass is 9.88. The zero-order valence-corrected chi connectivity index (χ0v) is 11.5. The van der Waals surface area contributed by atoms with E-state index in [-0.39, 0.29) is 5.82 Å². The van der Waals surface area contributed by atoms with E-state index in [9.17, 15) is 4.39 Å². The van der Waals surface area contributed by atoms with Gasteiger partial charge in [-0.25, -0.2) is 9.37 Å². The number of nitrogens with two attached hydrogens (primary N) is 1. The van der Waals surface area contributed by atoms with Crippen LogP contribution in [0.4, 0.5) is 4.39 Å². The smallest absolute Gasteiger partial charge is 0.195 e. The summed E-state index contributed by atoms with van der Waals surface area (Å²) in [4.78, 5) is 4.38. The number of hydrogen-bond acceptors (Lipinski definition) is 3. The summed E-state index contributed by atoms with van der Waals surface area (Å²) in [5, 5.41) is 0. The highest BCUT2D eigenvalue weighted by Gasteiger charge is 2.14. The molecular weight excluding hydrogens is 243 g/mol. The Morgan fingerprint density at radius 3 is 2.79 bits per heavy atom. The van der Waals surface area contributed by atoms with Gasteiger partial charge in [0.2, 0.25) is 0 Å². The highest BCUT2D eigenvalue weighted by atomic mass is 19.1. The summed E-state index contributed by atoms with van der Waals surface area (Å²) in [5.74, 6) is 1.57. The van der Waals surface area contributed by atoms with Crippen LogP contribution < -0.4 is 5.73 Å². The van der Waals surface area contributed by atoms with Gasteiger partial charge in [0.1, 0.15) is 11.3 Å². The standard InChI is InChI=1S/C15H21FN2O/c1-10(2)11(7-8-17)3-6-15-18-13-5-4-12(16)9-14(13)19-15/h4-5,9-11H,3,6-8,17H2,1-2H3. The van der Waals surface area contributed by atoms with Gasteiger partial charge < -0.3 is 10.2 Å². The predicted molar refractivity (Wildman–Crippen MR) is 74.3 cm³/mol. The number of nitrogens with zero attached hydrogens (tertiary/aromatic N) is 1. The Labute approximate surface area is 113 Å². The fraction of sp³-hybridized carbons (Fsp3) is 0.533. The lowest BCUT2D eigenvalue weighted by Gasteiger charge is -2.18. The van der Waals surface area contributed by atoms with Gasteiger partial charge in [0.15, 0.2) is 11.5 Å². The molecule has 1 atom stereocenters. The summed E-state index contributed by atoms with van der Waals surface area (Å²) in [5.41, 5.74) is 6.88. The second kappa shape index (κ2) is 6.15. The zero-order valence-electron chi connectivity index (χ0n) is 11.5. The molecule has 0 aliphatic heterocycles. The zero-order chi connectivity index (χ0) is 13.8. The molecule has 104 valence electrons. The second-order valence-corrected chi connectivity index (χ2v) is 5.34. The highest BCUT2D eigenvalue weighted by molar-refractivity contribution is 5.72. The average Bonchev–Trinajstić information content (AvgIpc) is 2.75. The van der Waals surface area contributed by atoms with E-state index in [1.165, 1.54) is 12.1 Å². The van der Waals surface area contributed by atoms with Crippen molar-refractivity contribution >= 4 is 11.1 Å². The minimum Gasteiger partial charge on any atom is -0.441 e. The Kier molecular flexibility index (Phi) is 4.53. The first-order valence-corrected chi connectivity index (χ1v) is 6.85. The van der Waals surface area contributed by atoms with Crippen LogP contribution in [0.25, 0.3) is 11.1 Å². The molecule has 2 N–H and O–H groups in total. The molecule has 0 saturated carbocycles. The van der Waals surface area contributed by atoms with E-state index in [4.69, 9.17) is 10.2 Å². The van der Waals surface area contributed by atoms with Gasteiger partial charge in [0.25, 0.3) is 0 Å². The highest BCUT2D eigenvalue weighted by Crippen LogP contribution is 2.23. The number of benzene rings is 1. The molecule has 0 bridgehead atoms. The van der Waals surface area contributed by atoms with Crippen molar-refractivity contribution in [1.29, 1.82) is 0 Å². The van der Waals surface area contributed by atoms with Gasteiger partial charge in [-0.2, -0.15) is 0 Å². The van der Waals surface area contributed by atoms with Crippen molar-refractivity contribution < 1.29 is 8.81 Å². The summed E-state index contributed by atoms with van der Waals surface area (Å²) in [6.07, 6.45) is 2.80. The van der Waals surface area contributed by atoms with Crippen LogP contribution in [-0.2, 0) is 6.42 Å². The molecule has 0 spiro atoms. The first kappa shape index (κ1) is 14.0. The molecule has 0 aliphatic rings. The molecule has 19 heavy (non-hydrogen) atoms. The summed E-state index contributed by atoms with van der Waals surface area (Å²) in [6, 6.07) is 4.43. The summed E-state index contributed by atoms with van der Waals surface area (Å²) in [7, 11) is 0. The Bertz CT molecular complexity index is 536. The number of oxazole rings is 1. The maximum atomic E-state index is 13.1. The summed E-state index contributed by atoms with van der Waals surface area (Å²) >= 11 is 0. The maximum absolute atomic E-state index is 13.1. The van der Waals surface area contributed by atoms with Gasteiger partial charge >= 0.3 is 0 Å². The molecule has 4 heteroatoms. The van der Waals surface area contributed by atoms with Crippen molar-refractivity contribution in [3.05, 3.63) is 29.9 Å². The van der Waals surface area contributed by atoms with E-state index in [1.807, 2.05) is 0 Å². The minimum absolute atomic E-state index is 0.293. The van der Waals surface area contributed by atoms with Crippen molar-refractivity contribution in [2.45, 2.75) is 33.1 Å². The Balaban J connectivity index is 2.04. The van der Waals surface area contributed by atoms with E-state index in [0.717, 1.165) is 24.8 Å². The molecule has 3 nitrogen and oxygen atoms in total. The van der Waals surface area contributed by atoms with Crippen LogP contribution in [0, 0.1) is 17.7 Å². The molecule has 1 aromatic heterocycles. The van der Waals surface area contributed by atoms with Crippen molar-refractivity contribution in [3.63, 3.8) is 0 Å². The number of rotatable bonds is 6. The Hall–Kier alpha value is -1.42. The third-order valence-electron chi connectivity index (χ3n) is 3.60. The molecular formula is C15H21FN2O. The van der Waals surface area contributed by atoms with Gasteiger partial charge in [-0.15, -0.1) is 0 Å². The SMILES string of the molecule is CC(C)C(CCN)CCc1nc2ccc(F)cc2o1. The molecule has 0 amide bonds. The quantitative estimate of drug-likeness (QED) is 0.868. The molecule has 1 unspecified atom stereocenters. The predicted octanol–water partition coefficient (Wildman–Crippen LogP) is 3.52.